The van der Waals surface area contributed by atoms with Gasteiger partial charge in [0.25, 0.3) is 0 Å². The number of carboxylic acids is 2. The number of hydrogen-bond donors (Lipinski definition) is 2. The summed E-state index contributed by atoms with van der Waals surface area (Å²) in [7, 11) is 0. The van der Waals surface area contributed by atoms with Gasteiger partial charge in [0.15, 0.2) is 12.2 Å². The highest BCUT2D eigenvalue weighted by Gasteiger charge is 2.31. The lowest BCUT2D eigenvalue weighted by molar-refractivity contribution is -0.152. The number of benzene rings is 4. The van der Waals surface area contributed by atoms with Gasteiger partial charge in [0.2, 0.25) is 0 Å². The number of aromatic nitrogens is 2. The van der Waals surface area contributed by atoms with E-state index in [1.165, 1.54) is 60.8 Å². The fraction of sp³-hybridized carbons (Fsp3) is 0.289. The topological polar surface area (TPSA) is 137 Å². The van der Waals surface area contributed by atoms with Gasteiger partial charge in [-0.2, -0.15) is 26.3 Å². The molecule has 2 aromatic heterocycles. The molecule has 6 rings (SSSR count). The van der Waals surface area contributed by atoms with E-state index < -0.39 is 47.6 Å². The number of alkyl halides is 6. The maximum atomic E-state index is 12.7. The van der Waals surface area contributed by atoms with Gasteiger partial charge in [0, 0.05) is 34.7 Å². The number of nitrogens with zero attached hydrogens (tertiary/aromatic N) is 2. The predicted octanol–water partition coefficient (Wildman–Crippen LogP) is 11.7. The van der Waals surface area contributed by atoms with E-state index in [0.29, 0.717) is 78.0 Å². The van der Waals surface area contributed by atoms with Crippen LogP contribution in [0.25, 0.3) is 22.5 Å². The zero-order chi connectivity index (χ0) is 45.8. The smallest absolute Gasteiger partial charge is 0.416 e. The summed E-state index contributed by atoms with van der Waals surface area (Å²) in [5.41, 5.74) is 0.689. The average Bonchev–Trinajstić information content (AvgIpc) is 3.91. The molecule has 0 aliphatic rings. The fourth-order valence-electron chi connectivity index (χ4n) is 5.56. The summed E-state index contributed by atoms with van der Waals surface area (Å²) >= 11 is 2.92. The van der Waals surface area contributed by atoms with Crippen molar-refractivity contribution in [3.8, 4) is 45.5 Å². The highest BCUT2D eigenvalue weighted by atomic mass is 32.1. The summed E-state index contributed by atoms with van der Waals surface area (Å²) in [6, 6.07) is 21.8. The molecule has 0 aliphatic carbocycles. The van der Waals surface area contributed by atoms with Gasteiger partial charge in [-0.15, -0.1) is 22.7 Å². The standard InChI is InChI=1S/C23H22F3NO4S.C22H20F3NO4S/c1-22(2,21(28)29)31-18-11-9-17(10-12-18)30-13-3-4-20-27-19(14-32-20)15-5-7-16(8-6-15)23(24,25)26;1-14-11-17(8-9-19(14)30-12-21(27)28)29-10-2-3-20-26-18(13-31-20)15-4-6-16(7-5-15)22(23,24)25/h5-12,14H,3-4,13H2,1-2H3,(H,28,29);4-9,11,13H,2-3,10,12H2,1H3,(H,27,28). The Bertz CT molecular complexity index is 2410. The van der Waals surface area contributed by atoms with Gasteiger partial charge in [0.05, 0.1) is 45.7 Å². The van der Waals surface area contributed by atoms with E-state index in [0.717, 1.165) is 46.3 Å². The number of aryl methyl sites for hydroxylation is 3. The summed E-state index contributed by atoms with van der Waals surface area (Å²) in [5, 5.41) is 23.2. The Hall–Kier alpha value is -6.14. The van der Waals surface area contributed by atoms with Crippen LogP contribution in [0.5, 0.6) is 23.0 Å². The van der Waals surface area contributed by atoms with Gasteiger partial charge in [-0.3, -0.25) is 0 Å². The molecule has 0 aliphatic heterocycles. The minimum atomic E-state index is -4.35. The van der Waals surface area contributed by atoms with Crippen molar-refractivity contribution in [2.45, 2.75) is 64.4 Å². The first-order valence-corrected chi connectivity index (χ1v) is 21.0. The van der Waals surface area contributed by atoms with Crippen molar-refractivity contribution < 1.29 is 65.1 Å². The molecule has 18 heteroatoms. The molecule has 0 fully saturated rings. The maximum absolute atomic E-state index is 12.7. The predicted molar refractivity (Wildman–Crippen MR) is 226 cm³/mol. The molecule has 2 heterocycles. The third kappa shape index (κ3) is 14.7. The van der Waals surface area contributed by atoms with Crippen molar-refractivity contribution in [1.29, 1.82) is 0 Å². The summed E-state index contributed by atoms with van der Waals surface area (Å²) in [6.07, 6.45) is -5.91. The minimum absolute atomic E-state index is 0.399. The van der Waals surface area contributed by atoms with Crippen LogP contribution >= 0.6 is 22.7 Å². The number of rotatable bonds is 18. The summed E-state index contributed by atoms with van der Waals surface area (Å²) in [4.78, 5) is 30.7. The maximum Gasteiger partial charge on any atom is 0.416 e. The molecule has 0 saturated carbocycles. The Morgan fingerprint density at radius 3 is 1.49 bits per heavy atom. The summed E-state index contributed by atoms with van der Waals surface area (Å²) in [5.74, 6) is 0.126. The molecule has 0 unspecified atom stereocenters. The van der Waals surface area contributed by atoms with Crippen LogP contribution < -0.4 is 18.9 Å². The number of ether oxygens (including phenoxy) is 4. The molecule has 0 bridgehead atoms. The lowest BCUT2D eigenvalue weighted by atomic mass is 10.1. The van der Waals surface area contributed by atoms with Crippen LogP contribution in [-0.2, 0) is 34.8 Å². The minimum Gasteiger partial charge on any atom is -0.494 e. The first kappa shape index (κ1) is 47.9. The molecule has 4 aromatic carbocycles. The number of carbonyl (C=O) groups is 2. The Morgan fingerprint density at radius 1 is 0.619 bits per heavy atom. The second kappa shape index (κ2) is 21.3. The van der Waals surface area contributed by atoms with E-state index in [2.05, 4.69) is 9.97 Å². The molecule has 0 atom stereocenters. The normalized spacial score (nSPS) is 11.6. The second-order valence-corrected chi connectivity index (χ2v) is 16.2. The third-order valence-corrected chi connectivity index (χ3v) is 10.8. The quantitative estimate of drug-likeness (QED) is 0.0633. The van der Waals surface area contributed by atoms with E-state index in [-0.39, 0.29) is 0 Å². The second-order valence-electron chi connectivity index (χ2n) is 14.3. The molecule has 10 nitrogen and oxygen atoms in total. The lowest BCUT2D eigenvalue weighted by Gasteiger charge is -2.21. The fourth-order valence-corrected chi connectivity index (χ4v) is 7.26. The first-order valence-electron chi connectivity index (χ1n) is 19.2. The third-order valence-electron chi connectivity index (χ3n) is 8.94. The molecule has 0 saturated heterocycles. The van der Waals surface area contributed by atoms with E-state index >= 15 is 0 Å². The van der Waals surface area contributed by atoms with Crippen molar-refractivity contribution in [1.82, 2.24) is 9.97 Å². The molecule has 63 heavy (non-hydrogen) atoms. The number of halogens is 6. The zero-order valence-corrected chi connectivity index (χ0v) is 35.7. The van der Waals surface area contributed by atoms with E-state index in [1.807, 2.05) is 17.7 Å². The van der Waals surface area contributed by atoms with Gasteiger partial charge in [-0.05, 0) is 106 Å². The molecule has 6 aromatic rings. The average molecular weight is 917 g/mol. The molecule has 0 radical (unpaired) electrons. The SMILES string of the molecule is CC(C)(Oc1ccc(OCCCc2nc(-c3ccc(C(F)(F)F)cc3)cs2)cc1)C(=O)O.Cc1cc(OCCCc2nc(-c3ccc(C(F)(F)F)cc3)cs2)ccc1OCC(=O)O. The van der Waals surface area contributed by atoms with Crippen molar-refractivity contribution in [2.75, 3.05) is 19.8 Å². The first-order chi connectivity index (χ1) is 29.8. The Labute approximate surface area is 366 Å². The lowest BCUT2D eigenvalue weighted by Crippen LogP contribution is -2.37. The summed E-state index contributed by atoms with van der Waals surface area (Å²) in [6.45, 7) is 5.27. The van der Waals surface area contributed by atoms with Crippen LogP contribution in [0, 0.1) is 6.92 Å². The molecule has 0 spiro atoms. The van der Waals surface area contributed by atoms with Gasteiger partial charge in [0.1, 0.15) is 23.0 Å². The molecular formula is C45H42F6N2O8S2. The van der Waals surface area contributed by atoms with Gasteiger partial charge in [-0.25, -0.2) is 19.6 Å². The van der Waals surface area contributed by atoms with Gasteiger partial charge in [-0.1, -0.05) is 24.3 Å². The largest absolute Gasteiger partial charge is 0.494 e. The Morgan fingerprint density at radius 2 is 1.06 bits per heavy atom. The number of hydrogen-bond acceptors (Lipinski definition) is 10. The monoisotopic (exact) mass is 916 g/mol. The van der Waals surface area contributed by atoms with Crippen LogP contribution in [0.3, 0.4) is 0 Å². The Kier molecular flexibility index (Phi) is 16.2. The number of aliphatic carboxylic acids is 2. The van der Waals surface area contributed by atoms with Gasteiger partial charge < -0.3 is 29.2 Å². The van der Waals surface area contributed by atoms with E-state index in [4.69, 9.17) is 29.2 Å². The van der Waals surface area contributed by atoms with Crippen LogP contribution in [0.15, 0.2) is 102 Å². The van der Waals surface area contributed by atoms with Crippen molar-refractivity contribution >= 4 is 34.6 Å². The zero-order valence-electron chi connectivity index (χ0n) is 34.1. The highest BCUT2D eigenvalue weighted by molar-refractivity contribution is 7.10. The van der Waals surface area contributed by atoms with Crippen molar-refractivity contribution in [3.63, 3.8) is 0 Å². The van der Waals surface area contributed by atoms with E-state index in [1.54, 1.807) is 42.5 Å². The van der Waals surface area contributed by atoms with Crippen LogP contribution in [0.1, 0.15) is 53.4 Å². The number of thiazole rings is 2. The van der Waals surface area contributed by atoms with Crippen LogP contribution in [0.2, 0.25) is 0 Å². The van der Waals surface area contributed by atoms with Crippen molar-refractivity contribution in [2.24, 2.45) is 0 Å². The molecule has 0 amide bonds. The van der Waals surface area contributed by atoms with Crippen LogP contribution in [-0.4, -0.2) is 57.5 Å². The van der Waals surface area contributed by atoms with Crippen molar-refractivity contribution in [3.05, 3.63) is 128 Å². The van der Waals surface area contributed by atoms with Gasteiger partial charge >= 0.3 is 24.3 Å². The highest BCUT2D eigenvalue weighted by Crippen LogP contribution is 2.33. The summed E-state index contributed by atoms with van der Waals surface area (Å²) < 4.78 is 98.1. The molecular weight excluding hydrogens is 875 g/mol. The van der Waals surface area contributed by atoms with E-state index in [9.17, 15) is 35.9 Å². The molecule has 2 N–H and O–H groups in total. The Balaban J connectivity index is 0.000000238. The molecule has 334 valence electrons. The number of carboxylic acid groups (broad SMARTS) is 2. The van der Waals surface area contributed by atoms with Crippen LogP contribution in [0.4, 0.5) is 26.3 Å².